The van der Waals surface area contributed by atoms with E-state index in [4.69, 9.17) is 33.7 Å². The van der Waals surface area contributed by atoms with Gasteiger partial charge in [-0.05, 0) is 134 Å². The summed E-state index contributed by atoms with van der Waals surface area (Å²) in [5.41, 5.74) is 12.2. The third kappa shape index (κ3) is 15.6. The maximum atomic E-state index is 5.97. The fourth-order valence-electron chi connectivity index (χ4n) is 11.5. The summed E-state index contributed by atoms with van der Waals surface area (Å²) in [7, 11) is 1.65. The number of ether oxygens (including phenoxy) is 5. The van der Waals surface area contributed by atoms with Crippen molar-refractivity contribution in [2.24, 2.45) is 0 Å². The molecule has 16 rings (SSSR count). The van der Waals surface area contributed by atoms with Crippen LogP contribution in [-0.2, 0) is 14.2 Å². The number of H-pyrrole nitrogens is 3. The predicted molar refractivity (Wildman–Crippen MR) is 372 cm³/mol. The molecule has 26 heteroatoms. The molecule has 4 fully saturated rings. The Labute approximate surface area is 547 Å². The number of nitrogens with zero attached hydrogens (tertiary/aromatic N) is 12. The van der Waals surface area contributed by atoms with Crippen LogP contribution >= 0.6 is 0 Å². The molecule has 1 aliphatic carbocycles. The van der Waals surface area contributed by atoms with Crippen molar-refractivity contribution in [1.29, 1.82) is 0 Å². The van der Waals surface area contributed by atoms with E-state index >= 15 is 0 Å². The first kappa shape index (κ1) is 61.2. The van der Waals surface area contributed by atoms with E-state index in [1.54, 1.807) is 26.1 Å². The minimum absolute atomic E-state index is 0.452. The minimum Gasteiger partial charge on any atom is -0.497 e. The maximum Gasteiger partial charge on any atom is 0.231 e. The number of morpholine rings is 3. The smallest absolute Gasteiger partial charge is 0.231 e. The lowest BCUT2D eigenvalue weighted by molar-refractivity contribution is 0.122. The summed E-state index contributed by atoms with van der Waals surface area (Å²) in [6.07, 6.45) is 9.81. The van der Waals surface area contributed by atoms with Gasteiger partial charge in [0.25, 0.3) is 0 Å². The van der Waals surface area contributed by atoms with Gasteiger partial charge in [-0.3, -0.25) is 0 Å². The second-order valence-corrected chi connectivity index (χ2v) is 22.9. The fourth-order valence-corrected chi connectivity index (χ4v) is 11.5. The maximum absolute atomic E-state index is 5.97. The zero-order chi connectivity index (χ0) is 64.0. The molecule has 0 radical (unpaired) electrons. The van der Waals surface area contributed by atoms with Crippen molar-refractivity contribution in [1.82, 2.24) is 59.8 Å². The van der Waals surface area contributed by atoms with Crippen LogP contribution in [-0.4, -0.2) is 152 Å². The third-order valence-electron chi connectivity index (χ3n) is 16.5. The van der Waals surface area contributed by atoms with Gasteiger partial charge < -0.3 is 85.2 Å². The fraction of sp³-hybridized carbons (Fsp3) is 0.261. The number of nitrogens with one attached hydrogen (secondary N) is 9. The molecule has 484 valence electrons. The number of imidazole rings is 3. The van der Waals surface area contributed by atoms with E-state index in [0.29, 0.717) is 52.5 Å². The number of aromatic amines is 3. The normalized spacial score (nSPS) is 14.9. The number of hydrogen-bond acceptors (Lipinski definition) is 23. The lowest BCUT2D eigenvalue weighted by Crippen LogP contribution is -2.36. The second kappa shape index (κ2) is 29.5. The quantitative estimate of drug-likeness (QED) is 0.0386. The number of rotatable bonds is 18. The standard InChI is InChI=1S/C27H25N7O2.C22H23N7O2.C20H25N7O/c1-2-6-22(7-3-1)36-23-8-4-5-20(17-23)30-26-24-25(29-18-28-24)32-27(33-26)31-19-9-11-21(12-10-19)34-13-15-35-16-14-34;1-30-18-8-4-15(5-9-18)25-21-19-20(24-14-23-19)27-22(28-21)26-16-2-6-17(7-3-16)29-10-12-31-13-11-29;1-2-4-14(3-1)23-19-17-18(22-13-21-17)25-20(26-19)24-15-5-7-16(8-6-15)27-9-11-28-12-10-27/h1-12,17-18H,13-16H2,(H3,28,29,30,31,32,33);2-9,14H,10-13H2,1H3,(H3,23,24,25,26,27,28);5-8,13-14H,1-4,9-12H2,(H3,21,22,23,24,25,26). The molecule has 0 unspecified atom stereocenters. The lowest BCUT2D eigenvalue weighted by atomic mass is 10.2. The van der Waals surface area contributed by atoms with Gasteiger partial charge in [-0.1, -0.05) is 37.1 Å². The van der Waals surface area contributed by atoms with Gasteiger partial charge in [0.2, 0.25) is 17.8 Å². The van der Waals surface area contributed by atoms with Gasteiger partial charge in [-0.15, -0.1) is 0 Å². The molecule has 95 heavy (non-hydrogen) atoms. The lowest BCUT2D eigenvalue weighted by Gasteiger charge is -2.28. The predicted octanol–water partition coefficient (Wildman–Crippen LogP) is 12.4. The van der Waals surface area contributed by atoms with Gasteiger partial charge in [0, 0.05) is 96.9 Å². The summed E-state index contributed by atoms with van der Waals surface area (Å²) >= 11 is 0. The van der Waals surface area contributed by atoms with Crippen LogP contribution in [0.1, 0.15) is 25.7 Å². The van der Waals surface area contributed by atoms with E-state index in [9.17, 15) is 0 Å². The van der Waals surface area contributed by atoms with Gasteiger partial charge >= 0.3 is 0 Å². The monoisotopic (exact) mass is 1280 g/mol. The summed E-state index contributed by atoms with van der Waals surface area (Å²) in [5, 5.41) is 20.2. The number of fused-ring (bicyclic) bond motifs is 3. The molecule has 3 saturated heterocycles. The van der Waals surface area contributed by atoms with Crippen LogP contribution in [0.5, 0.6) is 17.2 Å². The van der Waals surface area contributed by atoms with Crippen LogP contribution < -0.4 is 56.1 Å². The highest BCUT2D eigenvalue weighted by Gasteiger charge is 2.21. The van der Waals surface area contributed by atoms with Crippen LogP contribution in [0.2, 0.25) is 0 Å². The Morgan fingerprint density at radius 3 is 1.22 bits per heavy atom. The Kier molecular flexibility index (Phi) is 19.0. The van der Waals surface area contributed by atoms with Crippen LogP contribution in [0.3, 0.4) is 0 Å². The van der Waals surface area contributed by atoms with Crippen LogP contribution in [0.25, 0.3) is 33.5 Å². The number of hydrogen-bond donors (Lipinski definition) is 9. The van der Waals surface area contributed by atoms with E-state index in [2.05, 4.69) is 145 Å². The van der Waals surface area contributed by atoms with E-state index in [1.165, 1.54) is 42.7 Å². The first-order chi connectivity index (χ1) is 46.9. The van der Waals surface area contributed by atoms with Crippen molar-refractivity contribution in [2.75, 3.05) is 133 Å². The molecule has 9 heterocycles. The van der Waals surface area contributed by atoms with Crippen LogP contribution in [0, 0.1) is 0 Å². The Hall–Kier alpha value is -11.4. The van der Waals surface area contributed by atoms with Crippen molar-refractivity contribution in [3.63, 3.8) is 0 Å². The first-order valence-corrected chi connectivity index (χ1v) is 31.9. The van der Waals surface area contributed by atoms with Crippen molar-refractivity contribution in [3.8, 4) is 17.2 Å². The Morgan fingerprint density at radius 1 is 0.389 bits per heavy atom. The van der Waals surface area contributed by atoms with Gasteiger partial charge in [0.1, 0.15) is 33.8 Å². The molecule has 6 aromatic carbocycles. The molecular weight excluding hydrogens is 1200 g/mol. The van der Waals surface area contributed by atoms with E-state index in [-0.39, 0.29) is 0 Å². The molecule has 1 saturated carbocycles. The Morgan fingerprint density at radius 2 is 0.779 bits per heavy atom. The molecule has 26 nitrogen and oxygen atoms in total. The van der Waals surface area contributed by atoms with Gasteiger partial charge in [0.05, 0.1) is 65.7 Å². The summed E-state index contributed by atoms with van der Waals surface area (Å²) in [4.78, 5) is 57.0. The van der Waals surface area contributed by atoms with Crippen molar-refractivity contribution < 1.29 is 23.7 Å². The molecule has 0 atom stereocenters. The van der Waals surface area contributed by atoms with E-state index in [0.717, 1.165) is 147 Å². The second-order valence-electron chi connectivity index (χ2n) is 22.9. The van der Waals surface area contributed by atoms with Crippen molar-refractivity contribution in [3.05, 3.63) is 171 Å². The average Bonchev–Trinajstić information content (AvgIpc) is 1.89. The van der Waals surface area contributed by atoms with Crippen LogP contribution in [0.4, 0.5) is 80.8 Å². The molecule has 4 aliphatic rings. The third-order valence-corrected chi connectivity index (χ3v) is 16.5. The molecule has 9 N–H and O–H groups in total. The molecular formula is C69H73N21O5. The SMILES string of the molecule is COc1ccc(Nc2nc(Nc3ccc(N4CCOCC4)cc3)nc3nc[nH]c23)cc1.c1ccc(Oc2cccc(Nc3nc(Nc4ccc(N5CCOCC5)cc4)nc4nc[nH]c34)c2)cc1.c1nc2nc(Nc3ccc(N4CCOCC4)cc3)nc(NC3CCCC3)c2[nH]1. The molecule has 0 spiro atoms. The highest BCUT2D eigenvalue weighted by molar-refractivity contribution is 5.88. The van der Waals surface area contributed by atoms with Gasteiger partial charge in [0.15, 0.2) is 34.4 Å². The van der Waals surface area contributed by atoms with E-state index < -0.39 is 0 Å². The van der Waals surface area contributed by atoms with Crippen molar-refractivity contribution in [2.45, 2.75) is 31.7 Å². The largest absolute Gasteiger partial charge is 0.497 e. The van der Waals surface area contributed by atoms with Gasteiger partial charge in [-0.2, -0.15) is 29.9 Å². The van der Waals surface area contributed by atoms with Crippen LogP contribution in [0.15, 0.2) is 171 Å². The van der Waals surface area contributed by atoms with Crippen molar-refractivity contribution >= 4 is 114 Å². The average molecular weight is 1280 g/mol. The molecule has 6 aromatic heterocycles. The number of aromatic nitrogens is 12. The van der Waals surface area contributed by atoms with Gasteiger partial charge in [-0.25, -0.2) is 15.0 Å². The summed E-state index contributed by atoms with van der Waals surface area (Å²) in [6, 6.07) is 50.4. The highest BCUT2D eigenvalue weighted by Crippen LogP contribution is 2.32. The molecule has 0 bridgehead atoms. The Balaban J connectivity index is 0.000000124. The minimum atomic E-state index is 0.452. The summed E-state index contributed by atoms with van der Waals surface area (Å²) in [5.74, 6) is 5.84. The zero-order valence-electron chi connectivity index (χ0n) is 52.5. The molecule has 3 aliphatic heterocycles. The molecule has 0 amide bonds. The molecule has 12 aromatic rings. The Bertz CT molecular complexity index is 4420. The number of anilines is 14. The number of methoxy groups -OCH3 is 1. The zero-order valence-corrected chi connectivity index (χ0v) is 52.5. The summed E-state index contributed by atoms with van der Waals surface area (Å²) in [6.45, 7) is 10.1. The summed E-state index contributed by atoms with van der Waals surface area (Å²) < 4.78 is 27.5. The first-order valence-electron chi connectivity index (χ1n) is 31.9. The topological polar surface area (TPSA) is 291 Å². The highest BCUT2D eigenvalue weighted by atomic mass is 16.5. The number of benzene rings is 6. The van der Waals surface area contributed by atoms with E-state index in [1.807, 2.05) is 103 Å². The number of para-hydroxylation sites is 1.